The lowest BCUT2D eigenvalue weighted by atomic mass is 10.1. The van der Waals surface area contributed by atoms with Gasteiger partial charge < -0.3 is 0 Å². The first-order valence-corrected chi connectivity index (χ1v) is 6.34. The van der Waals surface area contributed by atoms with Crippen molar-refractivity contribution in [2.45, 2.75) is 71.6 Å². The predicted molar refractivity (Wildman–Crippen MR) is 66.3 cm³/mol. The number of hydrogen-bond acceptors (Lipinski definition) is 0. The van der Waals surface area contributed by atoms with Crippen molar-refractivity contribution < 1.29 is 0 Å². The van der Waals surface area contributed by atoms with E-state index in [1.54, 1.807) is 0 Å². The Morgan fingerprint density at radius 1 is 0.714 bits per heavy atom. The zero-order valence-corrected chi connectivity index (χ0v) is 10.1. The van der Waals surface area contributed by atoms with Gasteiger partial charge in [0.2, 0.25) is 0 Å². The van der Waals surface area contributed by atoms with Crippen LogP contribution in [0.3, 0.4) is 0 Å². The van der Waals surface area contributed by atoms with Gasteiger partial charge in [0.15, 0.2) is 0 Å². The number of unbranched alkanes of at least 4 members (excludes halogenated alkanes) is 8. The molecule has 0 heteroatoms. The van der Waals surface area contributed by atoms with Gasteiger partial charge in [-0.05, 0) is 32.1 Å². The molecule has 0 N–H and O–H groups in total. The van der Waals surface area contributed by atoms with Gasteiger partial charge >= 0.3 is 0 Å². The maximum Gasteiger partial charge on any atom is -0.0351 e. The van der Waals surface area contributed by atoms with E-state index in [2.05, 4.69) is 32.4 Å². The van der Waals surface area contributed by atoms with Crippen LogP contribution < -0.4 is 0 Å². The summed E-state index contributed by atoms with van der Waals surface area (Å²) in [5.74, 6) is 0. The second-order valence-electron chi connectivity index (χ2n) is 4.01. The summed E-state index contributed by atoms with van der Waals surface area (Å²) in [6.07, 6.45) is 19.1. The van der Waals surface area contributed by atoms with E-state index in [-0.39, 0.29) is 0 Å². The number of hydrogen-bond donors (Lipinski definition) is 0. The topological polar surface area (TPSA) is 0 Å². The lowest BCUT2D eigenvalue weighted by Gasteiger charge is -1.95. The summed E-state index contributed by atoms with van der Waals surface area (Å²) in [6.45, 7) is 4.41. The van der Waals surface area contributed by atoms with E-state index in [1.807, 2.05) is 0 Å². The average Bonchev–Trinajstić information content (AvgIpc) is 2.21. The van der Waals surface area contributed by atoms with Gasteiger partial charge in [0, 0.05) is 0 Å². The van der Waals surface area contributed by atoms with Crippen LogP contribution in [-0.4, -0.2) is 0 Å². The second-order valence-corrected chi connectivity index (χ2v) is 4.01. The van der Waals surface area contributed by atoms with Gasteiger partial charge in [0.05, 0.1) is 0 Å². The zero-order chi connectivity index (χ0) is 10.5. The predicted octanol–water partition coefficient (Wildman–Crippen LogP) is 5.30. The first-order chi connectivity index (χ1) is 6.91. The highest BCUT2D eigenvalue weighted by Gasteiger charge is 1.86. The van der Waals surface area contributed by atoms with E-state index in [0.717, 1.165) is 0 Å². The molecule has 0 fully saturated rings. The third-order valence-corrected chi connectivity index (χ3v) is 2.50. The van der Waals surface area contributed by atoms with E-state index < -0.39 is 0 Å². The van der Waals surface area contributed by atoms with Crippen LogP contribution in [-0.2, 0) is 0 Å². The highest BCUT2D eigenvalue weighted by atomic mass is 13.9. The highest BCUT2D eigenvalue weighted by Crippen LogP contribution is 2.05. The van der Waals surface area contributed by atoms with Gasteiger partial charge in [-0.3, -0.25) is 0 Å². The molecule has 1 radical (unpaired) electrons. The van der Waals surface area contributed by atoms with Crippen molar-refractivity contribution >= 4 is 0 Å². The monoisotopic (exact) mass is 195 g/mol. The Hall–Kier alpha value is -0.260. The molecule has 0 heterocycles. The number of rotatable bonds is 10. The van der Waals surface area contributed by atoms with Crippen LogP contribution in [0.1, 0.15) is 71.6 Å². The van der Waals surface area contributed by atoms with E-state index in [9.17, 15) is 0 Å². The fraction of sp³-hybridized carbons (Fsp3) is 0.786. The largest absolute Gasteiger partial charge is 0.0885 e. The van der Waals surface area contributed by atoms with Gasteiger partial charge in [0.25, 0.3) is 0 Å². The Morgan fingerprint density at radius 3 is 1.86 bits per heavy atom. The quantitative estimate of drug-likeness (QED) is 0.328. The molecule has 0 saturated heterocycles. The molecule has 0 aromatic carbocycles. The minimum absolute atomic E-state index is 1.28. The molecule has 0 aliphatic carbocycles. The molecule has 0 rings (SSSR count). The van der Waals surface area contributed by atoms with Gasteiger partial charge in [-0.1, -0.05) is 58.1 Å². The lowest BCUT2D eigenvalue weighted by Crippen LogP contribution is -1.76. The molecular formula is C14H27. The molecule has 0 aromatic rings. The second kappa shape index (κ2) is 12.7. The molecule has 0 aliphatic heterocycles. The van der Waals surface area contributed by atoms with Crippen molar-refractivity contribution in [1.82, 2.24) is 0 Å². The first kappa shape index (κ1) is 13.7. The first-order valence-electron chi connectivity index (χ1n) is 6.34. The summed E-state index contributed by atoms with van der Waals surface area (Å²) in [4.78, 5) is 0. The Kier molecular flexibility index (Phi) is 12.5. The standard InChI is InChI=1S/C14H27/c1-3-5-7-9-11-13-14-12-10-8-6-4-2/h3,13-14H,4-12H2,1-2H3. The number of allylic oxidation sites excluding steroid dienone is 2. The normalized spacial score (nSPS) is 11.3. The third kappa shape index (κ3) is 11.7. The molecule has 0 saturated carbocycles. The van der Waals surface area contributed by atoms with E-state index in [0.29, 0.717) is 0 Å². The van der Waals surface area contributed by atoms with Crippen LogP contribution in [0, 0.1) is 6.42 Å². The fourth-order valence-electron chi connectivity index (χ4n) is 1.54. The average molecular weight is 195 g/mol. The van der Waals surface area contributed by atoms with Crippen molar-refractivity contribution in [3.05, 3.63) is 18.6 Å². The molecule has 0 aromatic heterocycles. The summed E-state index contributed by atoms with van der Waals surface area (Å²) in [5.41, 5.74) is 0. The zero-order valence-electron chi connectivity index (χ0n) is 10.1. The van der Waals surface area contributed by atoms with Crippen molar-refractivity contribution in [2.75, 3.05) is 0 Å². The van der Waals surface area contributed by atoms with Crippen LogP contribution in [0.5, 0.6) is 0 Å². The van der Waals surface area contributed by atoms with Crippen molar-refractivity contribution in [3.8, 4) is 0 Å². The SMILES string of the molecule is C[CH]CCCCC=CCCCCCC. The molecule has 0 nitrogen and oxygen atoms in total. The highest BCUT2D eigenvalue weighted by molar-refractivity contribution is 4.81. The van der Waals surface area contributed by atoms with Crippen LogP contribution in [0.2, 0.25) is 0 Å². The molecule has 0 spiro atoms. The van der Waals surface area contributed by atoms with Crippen molar-refractivity contribution in [1.29, 1.82) is 0 Å². The van der Waals surface area contributed by atoms with Crippen molar-refractivity contribution in [3.63, 3.8) is 0 Å². The van der Waals surface area contributed by atoms with Crippen LogP contribution in [0.4, 0.5) is 0 Å². The maximum atomic E-state index is 2.37. The maximum absolute atomic E-state index is 2.37. The van der Waals surface area contributed by atoms with Gasteiger partial charge in [-0.25, -0.2) is 0 Å². The molecule has 0 aliphatic rings. The van der Waals surface area contributed by atoms with E-state index in [1.165, 1.54) is 57.8 Å². The Bertz CT molecular complexity index is 99.2. The summed E-state index contributed by atoms with van der Waals surface area (Å²) in [5, 5.41) is 0. The minimum atomic E-state index is 1.28. The van der Waals surface area contributed by atoms with Gasteiger partial charge in [-0.2, -0.15) is 0 Å². The van der Waals surface area contributed by atoms with Crippen LogP contribution in [0.15, 0.2) is 12.2 Å². The van der Waals surface area contributed by atoms with Crippen molar-refractivity contribution in [2.24, 2.45) is 0 Å². The van der Waals surface area contributed by atoms with Gasteiger partial charge in [-0.15, -0.1) is 0 Å². The molecule has 14 heavy (non-hydrogen) atoms. The fourth-order valence-corrected chi connectivity index (χ4v) is 1.54. The Labute approximate surface area is 90.8 Å². The Balaban J connectivity index is 2.96. The van der Waals surface area contributed by atoms with Crippen LogP contribution in [0.25, 0.3) is 0 Å². The van der Waals surface area contributed by atoms with Gasteiger partial charge in [0.1, 0.15) is 0 Å². The summed E-state index contributed by atoms with van der Waals surface area (Å²) >= 11 is 0. The molecule has 0 unspecified atom stereocenters. The molecule has 0 amide bonds. The Morgan fingerprint density at radius 2 is 1.29 bits per heavy atom. The van der Waals surface area contributed by atoms with E-state index in [4.69, 9.17) is 0 Å². The minimum Gasteiger partial charge on any atom is -0.0885 e. The van der Waals surface area contributed by atoms with E-state index >= 15 is 0 Å². The molecule has 0 bridgehead atoms. The molecular weight excluding hydrogens is 168 g/mol. The lowest BCUT2D eigenvalue weighted by molar-refractivity contribution is 0.672. The molecule has 0 atom stereocenters. The molecule has 83 valence electrons. The van der Waals surface area contributed by atoms with Crippen LogP contribution >= 0.6 is 0 Å². The smallest absolute Gasteiger partial charge is 0.0351 e. The summed E-state index contributed by atoms with van der Waals surface area (Å²) in [6, 6.07) is 0. The summed E-state index contributed by atoms with van der Waals surface area (Å²) in [7, 11) is 0. The summed E-state index contributed by atoms with van der Waals surface area (Å²) < 4.78 is 0. The third-order valence-electron chi connectivity index (χ3n) is 2.50.